The van der Waals surface area contributed by atoms with Crippen LogP contribution >= 0.6 is 0 Å². The Balaban J connectivity index is 2.10. The molecule has 3 nitrogen and oxygen atoms in total. The molecule has 0 radical (unpaired) electrons. The fourth-order valence-corrected chi connectivity index (χ4v) is 1.69. The van der Waals surface area contributed by atoms with E-state index in [2.05, 4.69) is 38.1 Å². The SMILES string of the molecule is CC(C)CONC1CCN(C(C)C)C1. The Labute approximate surface area is 87.8 Å². The molecule has 0 aromatic carbocycles. The lowest BCUT2D eigenvalue weighted by Gasteiger charge is -2.20. The number of nitrogens with zero attached hydrogens (tertiary/aromatic N) is 1. The molecule has 0 aromatic rings. The Bertz CT molecular complexity index is 159. The maximum Gasteiger partial charge on any atom is 0.0705 e. The first-order valence-corrected chi connectivity index (χ1v) is 5.71. The largest absolute Gasteiger partial charge is 0.301 e. The van der Waals surface area contributed by atoms with Gasteiger partial charge in [0.1, 0.15) is 0 Å². The third kappa shape index (κ3) is 3.95. The van der Waals surface area contributed by atoms with Gasteiger partial charge in [0.2, 0.25) is 0 Å². The van der Waals surface area contributed by atoms with Crippen LogP contribution < -0.4 is 5.48 Å². The molecule has 1 N–H and O–H groups in total. The van der Waals surface area contributed by atoms with Crippen LogP contribution in [0.2, 0.25) is 0 Å². The lowest BCUT2D eigenvalue weighted by molar-refractivity contribution is 0.00240. The van der Waals surface area contributed by atoms with Crippen LogP contribution in [0, 0.1) is 5.92 Å². The van der Waals surface area contributed by atoms with Gasteiger partial charge in [0, 0.05) is 25.2 Å². The minimum absolute atomic E-state index is 0.524. The zero-order valence-corrected chi connectivity index (χ0v) is 9.92. The van der Waals surface area contributed by atoms with Gasteiger partial charge in [0.05, 0.1) is 6.61 Å². The van der Waals surface area contributed by atoms with Crippen LogP contribution in [-0.2, 0) is 4.84 Å². The van der Waals surface area contributed by atoms with Crippen LogP contribution in [-0.4, -0.2) is 36.7 Å². The smallest absolute Gasteiger partial charge is 0.0705 e. The highest BCUT2D eigenvalue weighted by Gasteiger charge is 2.23. The summed E-state index contributed by atoms with van der Waals surface area (Å²) in [5, 5.41) is 0. The van der Waals surface area contributed by atoms with Crippen molar-refractivity contribution in [2.75, 3.05) is 19.7 Å². The van der Waals surface area contributed by atoms with Gasteiger partial charge in [0.15, 0.2) is 0 Å². The maximum atomic E-state index is 5.43. The molecule has 0 bridgehead atoms. The standard InChI is InChI=1S/C11H24N2O/c1-9(2)8-14-12-11-5-6-13(7-11)10(3)4/h9-12H,5-8H2,1-4H3. The minimum atomic E-state index is 0.524. The summed E-state index contributed by atoms with van der Waals surface area (Å²) in [6.07, 6.45) is 1.20. The monoisotopic (exact) mass is 200 g/mol. The number of likely N-dealkylation sites (tertiary alicyclic amines) is 1. The van der Waals surface area contributed by atoms with Crippen LogP contribution in [0.4, 0.5) is 0 Å². The highest BCUT2D eigenvalue weighted by atomic mass is 16.6. The van der Waals surface area contributed by atoms with Gasteiger partial charge in [-0.25, -0.2) is 0 Å². The number of hydroxylamine groups is 1. The normalized spacial score (nSPS) is 24.0. The second-order valence-corrected chi connectivity index (χ2v) is 4.90. The number of nitrogens with one attached hydrogen (secondary N) is 1. The van der Waals surface area contributed by atoms with Crippen molar-refractivity contribution >= 4 is 0 Å². The topological polar surface area (TPSA) is 24.5 Å². The molecule has 0 aromatic heterocycles. The first-order valence-electron chi connectivity index (χ1n) is 5.71. The highest BCUT2D eigenvalue weighted by Crippen LogP contribution is 2.12. The molecule has 0 spiro atoms. The van der Waals surface area contributed by atoms with Crippen LogP contribution in [0.15, 0.2) is 0 Å². The van der Waals surface area contributed by atoms with E-state index in [4.69, 9.17) is 4.84 Å². The summed E-state index contributed by atoms with van der Waals surface area (Å²) < 4.78 is 0. The zero-order valence-electron chi connectivity index (χ0n) is 9.92. The summed E-state index contributed by atoms with van der Waals surface area (Å²) in [6.45, 7) is 11.9. The van der Waals surface area contributed by atoms with Gasteiger partial charge in [-0.2, -0.15) is 5.48 Å². The van der Waals surface area contributed by atoms with Gasteiger partial charge >= 0.3 is 0 Å². The van der Waals surface area contributed by atoms with Crippen LogP contribution in [0.25, 0.3) is 0 Å². The average Bonchev–Trinajstić information content (AvgIpc) is 2.52. The minimum Gasteiger partial charge on any atom is -0.301 e. The summed E-state index contributed by atoms with van der Waals surface area (Å²) in [7, 11) is 0. The Kier molecular flexibility index (Phi) is 4.85. The van der Waals surface area contributed by atoms with E-state index in [9.17, 15) is 0 Å². The van der Waals surface area contributed by atoms with Crippen LogP contribution in [0.5, 0.6) is 0 Å². The molecule has 1 atom stereocenters. The molecular formula is C11H24N2O. The maximum absolute atomic E-state index is 5.43. The van der Waals surface area contributed by atoms with Crippen molar-refractivity contribution in [2.24, 2.45) is 5.92 Å². The molecule has 1 aliphatic heterocycles. The van der Waals surface area contributed by atoms with Crippen molar-refractivity contribution in [1.29, 1.82) is 0 Å². The number of hydrogen-bond acceptors (Lipinski definition) is 3. The third-order valence-electron chi connectivity index (χ3n) is 2.62. The van der Waals surface area contributed by atoms with Crippen LogP contribution in [0.3, 0.4) is 0 Å². The lowest BCUT2D eigenvalue weighted by atomic mass is 10.2. The zero-order chi connectivity index (χ0) is 10.6. The Hall–Kier alpha value is -0.120. The fraction of sp³-hybridized carbons (Fsp3) is 1.00. The number of rotatable bonds is 5. The van der Waals surface area contributed by atoms with Gasteiger partial charge in [-0.3, -0.25) is 4.90 Å². The molecule has 0 aliphatic carbocycles. The molecule has 1 aliphatic rings. The van der Waals surface area contributed by atoms with Crippen molar-refractivity contribution in [2.45, 2.75) is 46.2 Å². The van der Waals surface area contributed by atoms with E-state index in [1.807, 2.05) is 0 Å². The summed E-state index contributed by atoms with van der Waals surface area (Å²) in [5.74, 6) is 0.602. The van der Waals surface area contributed by atoms with E-state index in [1.165, 1.54) is 13.0 Å². The average molecular weight is 200 g/mol. The molecule has 1 fully saturated rings. The van der Waals surface area contributed by atoms with E-state index in [1.54, 1.807) is 0 Å². The summed E-state index contributed by atoms with van der Waals surface area (Å²) in [4.78, 5) is 7.91. The van der Waals surface area contributed by atoms with Crippen molar-refractivity contribution in [1.82, 2.24) is 10.4 Å². The van der Waals surface area contributed by atoms with Gasteiger partial charge in [-0.05, 0) is 26.2 Å². The predicted octanol–water partition coefficient (Wildman–Crippen LogP) is 1.65. The van der Waals surface area contributed by atoms with E-state index in [-0.39, 0.29) is 0 Å². The summed E-state index contributed by atoms with van der Waals surface area (Å²) in [5.41, 5.74) is 3.16. The first kappa shape index (κ1) is 12.0. The summed E-state index contributed by atoms with van der Waals surface area (Å²) in [6, 6.07) is 1.18. The second kappa shape index (κ2) is 5.69. The molecule has 3 heteroatoms. The fourth-order valence-electron chi connectivity index (χ4n) is 1.69. The van der Waals surface area contributed by atoms with E-state index in [0.29, 0.717) is 18.0 Å². The molecule has 1 saturated heterocycles. The van der Waals surface area contributed by atoms with Crippen molar-refractivity contribution in [3.05, 3.63) is 0 Å². The van der Waals surface area contributed by atoms with Gasteiger partial charge < -0.3 is 4.84 Å². The molecule has 14 heavy (non-hydrogen) atoms. The van der Waals surface area contributed by atoms with Crippen molar-refractivity contribution in [3.8, 4) is 0 Å². The molecule has 84 valence electrons. The predicted molar refractivity (Wildman–Crippen MR) is 59.0 cm³/mol. The molecule has 1 unspecified atom stereocenters. The molecule has 1 heterocycles. The van der Waals surface area contributed by atoms with Crippen LogP contribution in [0.1, 0.15) is 34.1 Å². The van der Waals surface area contributed by atoms with Crippen molar-refractivity contribution < 1.29 is 4.84 Å². The number of hydrogen-bond donors (Lipinski definition) is 1. The molecule has 0 amide bonds. The quantitative estimate of drug-likeness (QED) is 0.683. The van der Waals surface area contributed by atoms with E-state index >= 15 is 0 Å². The Morgan fingerprint density at radius 2 is 2.07 bits per heavy atom. The van der Waals surface area contributed by atoms with E-state index < -0.39 is 0 Å². The van der Waals surface area contributed by atoms with Gasteiger partial charge in [0.25, 0.3) is 0 Å². The second-order valence-electron chi connectivity index (χ2n) is 4.90. The molecular weight excluding hydrogens is 176 g/mol. The Morgan fingerprint density at radius 1 is 1.36 bits per heavy atom. The van der Waals surface area contributed by atoms with Crippen molar-refractivity contribution in [3.63, 3.8) is 0 Å². The highest BCUT2D eigenvalue weighted by molar-refractivity contribution is 4.80. The third-order valence-corrected chi connectivity index (χ3v) is 2.62. The molecule has 0 saturated carbocycles. The lowest BCUT2D eigenvalue weighted by Crippen LogP contribution is -2.35. The molecule has 1 rings (SSSR count). The van der Waals surface area contributed by atoms with E-state index in [0.717, 1.165) is 13.2 Å². The Morgan fingerprint density at radius 3 is 2.57 bits per heavy atom. The summed E-state index contributed by atoms with van der Waals surface area (Å²) >= 11 is 0. The first-order chi connectivity index (χ1) is 6.59. The van der Waals surface area contributed by atoms with Gasteiger partial charge in [-0.15, -0.1) is 0 Å². The van der Waals surface area contributed by atoms with Gasteiger partial charge in [-0.1, -0.05) is 13.8 Å².